The molecule has 0 saturated carbocycles. The maximum absolute atomic E-state index is 12.5. The quantitative estimate of drug-likeness (QED) is 0.462. The highest BCUT2D eigenvalue weighted by Gasteiger charge is 2.10. The van der Waals surface area contributed by atoms with Crippen molar-refractivity contribution in [2.45, 2.75) is 6.92 Å². The molecule has 0 aliphatic heterocycles. The van der Waals surface area contributed by atoms with E-state index < -0.39 is 6.03 Å². The molecule has 0 radical (unpaired) electrons. The summed E-state index contributed by atoms with van der Waals surface area (Å²) in [7, 11) is 1.53. The molecule has 29 heavy (non-hydrogen) atoms. The number of urea groups is 1. The molecular weight excluding hydrogens is 388 g/mol. The molecular formula is C22H19ClN4O2. The normalized spacial score (nSPS) is 10.7. The van der Waals surface area contributed by atoms with Crippen LogP contribution in [0.2, 0.25) is 5.02 Å². The molecule has 0 bridgehead atoms. The van der Waals surface area contributed by atoms with Crippen LogP contribution in [0.3, 0.4) is 0 Å². The molecule has 7 heteroatoms. The van der Waals surface area contributed by atoms with Crippen molar-refractivity contribution < 1.29 is 9.53 Å². The van der Waals surface area contributed by atoms with Gasteiger partial charge in [0.15, 0.2) is 0 Å². The monoisotopic (exact) mass is 406 g/mol. The number of imidazole rings is 1. The van der Waals surface area contributed by atoms with E-state index in [0.29, 0.717) is 22.1 Å². The number of rotatable bonds is 4. The number of carbonyl (C=O) groups excluding carboxylic acids is 1. The first-order valence-electron chi connectivity index (χ1n) is 9.00. The number of methoxy groups -OCH3 is 1. The third-order valence-electron chi connectivity index (χ3n) is 4.50. The lowest BCUT2D eigenvalue weighted by Crippen LogP contribution is -2.19. The van der Waals surface area contributed by atoms with Crippen LogP contribution in [0, 0.1) is 6.92 Å². The van der Waals surface area contributed by atoms with Crippen LogP contribution in [-0.2, 0) is 0 Å². The lowest BCUT2D eigenvalue weighted by molar-refractivity contribution is 0.262. The van der Waals surface area contributed by atoms with Gasteiger partial charge in [-0.2, -0.15) is 0 Å². The molecule has 0 saturated heterocycles. The highest BCUT2D eigenvalue weighted by molar-refractivity contribution is 6.31. The standard InChI is InChI=1S/C22H19ClN4O2/c1-14-5-4-10-27-13-19(25-21(14)27)15-6-3-7-17(11-15)24-22(28)26-18-12-16(23)8-9-20(18)29-2/h3-13H,1-2H3,(H2,24,26,28). The fourth-order valence-corrected chi connectivity index (χ4v) is 3.28. The SMILES string of the molecule is COc1ccc(Cl)cc1NC(=O)Nc1cccc(-c2cn3cccc(C)c3n2)c1. The summed E-state index contributed by atoms with van der Waals surface area (Å²) in [5.41, 5.74) is 4.89. The second-order valence-corrected chi connectivity index (χ2v) is 6.99. The van der Waals surface area contributed by atoms with E-state index in [2.05, 4.69) is 10.6 Å². The number of hydrogen-bond donors (Lipinski definition) is 2. The number of fused-ring (bicyclic) bond motifs is 1. The number of hydrogen-bond acceptors (Lipinski definition) is 3. The van der Waals surface area contributed by atoms with Crippen molar-refractivity contribution in [3.8, 4) is 17.0 Å². The number of halogens is 1. The number of nitrogens with one attached hydrogen (secondary N) is 2. The van der Waals surface area contributed by atoms with Crippen molar-refractivity contribution >= 4 is 34.7 Å². The predicted molar refractivity (Wildman–Crippen MR) is 116 cm³/mol. The molecule has 2 aromatic heterocycles. The van der Waals surface area contributed by atoms with Gasteiger partial charge in [-0.1, -0.05) is 29.8 Å². The minimum Gasteiger partial charge on any atom is -0.495 e. The van der Waals surface area contributed by atoms with Gasteiger partial charge in [0.1, 0.15) is 11.4 Å². The highest BCUT2D eigenvalue weighted by atomic mass is 35.5. The van der Waals surface area contributed by atoms with Crippen LogP contribution in [0.1, 0.15) is 5.56 Å². The number of carbonyl (C=O) groups is 1. The van der Waals surface area contributed by atoms with Crippen molar-refractivity contribution in [2.24, 2.45) is 0 Å². The van der Waals surface area contributed by atoms with Gasteiger partial charge in [0.2, 0.25) is 0 Å². The summed E-state index contributed by atoms with van der Waals surface area (Å²) >= 11 is 6.01. The number of benzene rings is 2. The first-order chi connectivity index (χ1) is 14.0. The zero-order valence-corrected chi connectivity index (χ0v) is 16.7. The Morgan fingerprint density at radius 1 is 1.10 bits per heavy atom. The van der Waals surface area contributed by atoms with E-state index in [0.717, 1.165) is 22.5 Å². The third-order valence-corrected chi connectivity index (χ3v) is 4.74. The Labute approximate surface area is 173 Å². The van der Waals surface area contributed by atoms with Crippen LogP contribution >= 0.6 is 11.6 Å². The Morgan fingerprint density at radius 2 is 1.97 bits per heavy atom. The molecule has 2 N–H and O–H groups in total. The van der Waals surface area contributed by atoms with Gasteiger partial charge >= 0.3 is 6.03 Å². The van der Waals surface area contributed by atoms with E-state index in [9.17, 15) is 4.79 Å². The fraction of sp³-hybridized carbons (Fsp3) is 0.0909. The Hall–Kier alpha value is -3.51. The summed E-state index contributed by atoms with van der Waals surface area (Å²) in [4.78, 5) is 17.2. The molecule has 6 nitrogen and oxygen atoms in total. The lowest BCUT2D eigenvalue weighted by atomic mass is 10.1. The molecule has 0 atom stereocenters. The second-order valence-electron chi connectivity index (χ2n) is 6.55. The highest BCUT2D eigenvalue weighted by Crippen LogP contribution is 2.28. The van der Waals surface area contributed by atoms with E-state index in [4.69, 9.17) is 21.3 Å². The largest absolute Gasteiger partial charge is 0.495 e. The van der Waals surface area contributed by atoms with Gasteiger partial charge in [-0.3, -0.25) is 0 Å². The van der Waals surface area contributed by atoms with Crippen LogP contribution in [-0.4, -0.2) is 22.5 Å². The number of anilines is 2. The zero-order chi connectivity index (χ0) is 20.4. The number of nitrogens with zero attached hydrogens (tertiary/aromatic N) is 2. The van der Waals surface area contributed by atoms with Crippen LogP contribution < -0.4 is 15.4 Å². The molecule has 0 aliphatic carbocycles. The third kappa shape index (κ3) is 4.02. The maximum atomic E-state index is 12.5. The minimum absolute atomic E-state index is 0.395. The average Bonchev–Trinajstić information content (AvgIpc) is 3.14. The summed E-state index contributed by atoms with van der Waals surface area (Å²) in [6.07, 6.45) is 3.94. The van der Waals surface area contributed by atoms with Gasteiger partial charge < -0.3 is 19.8 Å². The zero-order valence-electron chi connectivity index (χ0n) is 15.9. The Balaban J connectivity index is 1.55. The van der Waals surface area contributed by atoms with Gasteiger partial charge in [0.25, 0.3) is 0 Å². The number of aryl methyl sites for hydroxylation is 1. The number of ether oxygens (including phenoxy) is 1. The summed E-state index contributed by atoms with van der Waals surface area (Å²) in [6.45, 7) is 2.03. The van der Waals surface area contributed by atoms with Crippen molar-refractivity contribution in [1.29, 1.82) is 0 Å². The number of amides is 2. The van der Waals surface area contributed by atoms with E-state index in [1.165, 1.54) is 7.11 Å². The molecule has 2 aromatic carbocycles. The molecule has 4 rings (SSSR count). The van der Waals surface area contributed by atoms with Gasteiger partial charge in [0, 0.05) is 28.7 Å². The van der Waals surface area contributed by atoms with Crippen molar-refractivity contribution in [3.63, 3.8) is 0 Å². The van der Waals surface area contributed by atoms with Crippen molar-refractivity contribution in [1.82, 2.24) is 9.38 Å². The van der Waals surface area contributed by atoms with E-state index in [1.807, 2.05) is 60.1 Å². The second kappa shape index (κ2) is 7.85. The summed E-state index contributed by atoms with van der Waals surface area (Å²) in [6, 6.07) is 16.2. The van der Waals surface area contributed by atoms with E-state index >= 15 is 0 Å². The molecule has 4 aromatic rings. The first-order valence-corrected chi connectivity index (χ1v) is 9.37. The minimum atomic E-state index is -0.395. The van der Waals surface area contributed by atoms with Crippen molar-refractivity contribution in [2.75, 3.05) is 17.7 Å². The van der Waals surface area contributed by atoms with Gasteiger partial charge in [-0.25, -0.2) is 9.78 Å². The average molecular weight is 407 g/mol. The summed E-state index contributed by atoms with van der Waals surface area (Å²) in [5.74, 6) is 0.526. The first kappa shape index (κ1) is 18.8. The smallest absolute Gasteiger partial charge is 0.323 e. The summed E-state index contributed by atoms with van der Waals surface area (Å²) in [5, 5.41) is 6.10. The molecule has 0 unspecified atom stereocenters. The van der Waals surface area contributed by atoms with Gasteiger partial charge in [0.05, 0.1) is 18.5 Å². The van der Waals surface area contributed by atoms with Crippen molar-refractivity contribution in [3.05, 3.63) is 77.6 Å². The van der Waals surface area contributed by atoms with Crippen LogP contribution in [0.4, 0.5) is 16.2 Å². The fourth-order valence-electron chi connectivity index (χ4n) is 3.11. The van der Waals surface area contributed by atoms with Crippen LogP contribution in [0.5, 0.6) is 5.75 Å². The van der Waals surface area contributed by atoms with Crippen LogP contribution in [0.25, 0.3) is 16.9 Å². The lowest BCUT2D eigenvalue weighted by Gasteiger charge is -2.12. The maximum Gasteiger partial charge on any atom is 0.323 e. The molecule has 0 spiro atoms. The molecule has 146 valence electrons. The summed E-state index contributed by atoms with van der Waals surface area (Å²) < 4.78 is 7.24. The Morgan fingerprint density at radius 3 is 2.76 bits per heavy atom. The molecule has 2 heterocycles. The Bertz CT molecular complexity index is 1200. The molecule has 0 aliphatic rings. The number of aromatic nitrogens is 2. The molecule has 0 fully saturated rings. The van der Waals surface area contributed by atoms with Gasteiger partial charge in [-0.15, -0.1) is 0 Å². The van der Waals surface area contributed by atoms with Gasteiger partial charge in [-0.05, 0) is 48.9 Å². The topological polar surface area (TPSA) is 67.7 Å². The van der Waals surface area contributed by atoms with E-state index in [1.54, 1.807) is 18.2 Å². The molecule has 2 amide bonds. The van der Waals surface area contributed by atoms with Crippen LogP contribution in [0.15, 0.2) is 67.0 Å². The van der Waals surface area contributed by atoms with E-state index in [-0.39, 0.29) is 0 Å². The Kier molecular flexibility index (Phi) is 5.10. The predicted octanol–water partition coefficient (Wildman–Crippen LogP) is 5.62. The number of pyridine rings is 1.